The summed E-state index contributed by atoms with van der Waals surface area (Å²) in [6.45, 7) is 2.55. The number of carboxylic acids is 1. The Morgan fingerprint density at radius 1 is 1.10 bits per heavy atom. The third-order valence-corrected chi connectivity index (χ3v) is 11.1. The van der Waals surface area contributed by atoms with Gasteiger partial charge >= 0.3 is 16.8 Å². The summed E-state index contributed by atoms with van der Waals surface area (Å²) in [7, 11) is -6.76. The van der Waals surface area contributed by atoms with Gasteiger partial charge in [0.1, 0.15) is 36.4 Å². The topological polar surface area (TPSA) is 265 Å². The summed E-state index contributed by atoms with van der Waals surface area (Å²) in [6, 6.07) is 7.25. The minimum atomic E-state index is -4.35. The Kier molecular flexibility index (Phi) is 19.5. The number of ether oxygens (including phenoxy) is 1. The highest BCUT2D eigenvalue weighted by molar-refractivity contribution is 8.00. The largest absolute Gasteiger partial charge is 0.778 e. The van der Waals surface area contributed by atoms with E-state index in [0.717, 1.165) is 64.7 Å². The Hall–Kier alpha value is -4.27. The van der Waals surface area contributed by atoms with Crippen LogP contribution in [0.3, 0.4) is 0 Å². The van der Waals surface area contributed by atoms with Gasteiger partial charge in [-0.25, -0.2) is 32.3 Å². The Bertz CT molecular complexity index is 2600. The molecule has 1 atom stereocenters. The normalized spacial score (nSPS) is 13.4. The molecule has 0 bridgehead atoms. The van der Waals surface area contributed by atoms with Crippen LogP contribution in [0.25, 0.3) is 5.78 Å². The van der Waals surface area contributed by atoms with Crippen molar-refractivity contribution < 1.29 is 55.4 Å². The van der Waals surface area contributed by atoms with E-state index in [-0.39, 0.29) is 27.1 Å². The highest BCUT2D eigenvalue weighted by Gasteiger charge is 2.24. The van der Waals surface area contributed by atoms with Gasteiger partial charge in [-0.05, 0) is 72.3 Å². The third-order valence-electron chi connectivity index (χ3n) is 7.04. The van der Waals surface area contributed by atoms with E-state index in [9.17, 15) is 45.4 Å². The van der Waals surface area contributed by atoms with Gasteiger partial charge in [-0.3, -0.25) is 29.1 Å². The molecule has 3 aromatic heterocycles. The predicted octanol–water partition coefficient (Wildman–Crippen LogP) is 2.96. The number of carbonyl (C=O) groups is 2. The quantitative estimate of drug-likeness (QED) is 0.0642. The number of halogens is 4. The van der Waals surface area contributed by atoms with Gasteiger partial charge in [0.05, 0.1) is 49.5 Å². The number of thioether (sulfide) groups is 1. The van der Waals surface area contributed by atoms with Crippen LogP contribution in [-0.2, 0) is 52.9 Å². The summed E-state index contributed by atoms with van der Waals surface area (Å²) in [4.78, 5) is 64.0. The minimum absolute atomic E-state index is 0.0605. The molecule has 0 fully saturated rings. The molecular formula is C33H40ClF3N9O10PS4. The van der Waals surface area contributed by atoms with E-state index in [0.29, 0.717) is 39.4 Å². The fraction of sp³-hybridized carbons (Fsp3) is 0.364. The molecule has 4 N–H and O–H groups in total. The summed E-state index contributed by atoms with van der Waals surface area (Å²) in [6.07, 6.45) is 9.25. The lowest BCUT2D eigenvalue weighted by atomic mass is 10.3. The van der Waals surface area contributed by atoms with Gasteiger partial charge in [0.2, 0.25) is 4.80 Å². The molecule has 1 aliphatic heterocycles. The monoisotopic (exact) mass is 973 g/mol. The first-order chi connectivity index (χ1) is 28.5. The highest BCUT2D eigenvalue weighted by Crippen LogP contribution is 2.33. The molecule has 19 nitrogen and oxygen atoms in total. The average Bonchev–Trinajstić information content (AvgIpc) is 3.74. The van der Waals surface area contributed by atoms with E-state index < -0.39 is 70.7 Å². The molecule has 5 aromatic rings. The second kappa shape index (κ2) is 23.3. The number of carbonyl (C=O) groups excluding carboxylic acids is 1. The molecule has 4 heterocycles. The molecule has 0 amide bonds. The molecule has 2 aromatic carbocycles. The first-order valence-electron chi connectivity index (χ1n) is 17.2. The van der Waals surface area contributed by atoms with Crippen LogP contribution in [0.2, 0.25) is 5.02 Å². The number of hydrogen-bond acceptors (Lipinski definition) is 15. The maximum absolute atomic E-state index is 14.3. The van der Waals surface area contributed by atoms with Gasteiger partial charge in [-0.15, -0.1) is 16.9 Å². The lowest BCUT2D eigenvalue weighted by Gasteiger charge is -2.15. The smallest absolute Gasteiger partial charge is 0.325 e. The number of methoxy groups -OCH3 is 1. The van der Waals surface area contributed by atoms with Crippen LogP contribution in [0.5, 0.6) is 0 Å². The van der Waals surface area contributed by atoms with Crippen molar-refractivity contribution in [3.63, 3.8) is 0 Å². The summed E-state index contributed by atoms with van der Waals surface area (Å²) >= 11 is 8.17. The first kappa shape index (κ1) is 51.1. The number of sulfonamides is 1. The van der Waals surface area contributed by atoms with Crippen molar-refractivity contribution in [2.45, 2.75) is 42.9 Å². The van der Waals surface area contributed by atoms with Crippen LogP contribution in [-0.4, -0.2) is 104 Å². The Labute approximate surface area is 362 Å². The van der Waals surface area contributed by atoms with E-state index in [1.165, 1.54) is 19.4 Å². The van der Waals surface area contributed by atoms with Gasteiger partial charge in [0, 0.05) is 29.9 Å². The number of aryl methyl sites for hydroxylation is 1. The molecule has 0 radical (unpaired) electrons. The SMILES string of the molecule is COC(=O)CSc1cc(N=c2sc(=O)n3n2CCCC3)c(F)cc1Cl.C[S+](C)C.Cc1ccn2nc(S(=O)(=O)Nc3c(F)cccc3F)nc2n1.O=C(O)CNCP(=O)([O-])O. The number of aromatic nitrogens is 6. The number of nitrogens with one attached hydrogen (secondary N) is 2. The van der Waals surface area contributed by atoms with Gasteiger partial charge in [-0.1, -0.05) is 17.7 Å². The summed E-state index contributed by atoms with van der Waals surface area (Å²) in [5.41, 5.74) is -0.0815. The van der Waals surface area contributed by atoms with Crippen molar-refractivity contribution >= 4 is 92.3 Å². The maximum atomic E-state index is 14.3. The lowest BCUT2D eigenvalue weighted by molar-refractivity contribution is -0.193. The predicted molar refractivity (Wildman–Crippen MR) is 223 cm³/mol. The van der Waals surface area contributed by atoms with E-state index in [1.54, 1.807) is 27.1 Å². The zero-order chi connectivity index (χ0) is 45.7. The van der Waals surface area contributed by atoms with Crippen LogP contribution in [0.15, 0.2) is 62.4 Å². The molecule has 0 saturated heterocycles. The fourth-order valence-electron chi connectivity index (χ4n) is 4.47. The van der Waals surface area contributed by atoms with Crippen molar-refractivity contribution in [2.24, 2.45) is 4.99 Å². The highest BCUT2D eigenvalue weighted by atomic mass is 35.5. The molecule has 0 spiro atoms. The lowest BCUT2D eigenvalue weighted by Crippen LogP contribution is -2.31. The molecule has 6 rings (SSSR count). The number of rotatable bonds is 11. The van der Waals surface area contributed by atoms with Gasteiger partial charge in [0.15, 0.2) is 0 Å². The second-order valence-corrected chi connectivity index (χ2v) is 20.5. The average molecular weight is 974 g/mol. The van der Waals surface area contributed by atoms with E-state index in [4.69, 9.17) is 21.6 Å². The zero-order valence-corrected chi connectivity index (χ0v) is 37.8. The summed E-state index contributed by atoms with van der Waals surface area (Å²) in [5.74, 6) is -4.11. The van der Waals surface area contributed by atoms with Crippen LogP contribution in [0.1, 0.15) is 18.5 Å². The van der Waals surface area contributed by atoms with Crippen molar-refractivity contribution in [1.29, 1.82) is 0 Å². The van der Waals surface area contributed by atoms with Crippen LogP contribution in [0, 0.1) is 24.4 Å². The molecule has 0 aliphatic carbocycles. The Morgan fingerprint density at radius 2 is 1.72 bits per heavy atom. The van der Waals surface area contributed by atoms with Crippen molar-refractivity contribution in [3.8, 4) is 0 Å². The van der Waals surface area contributed by atoms with E-state index in [1.807, 2.05) is 5.32 Å². The van der Waals surface area contributed by atoms with Gasteiger partial charge < -0.3 is 24.2 Å². The Morgan fingerprint density at radius 3 is 2.31 bits per heavy atom. The maximum Gasteiger partial charge on any atom is 0.325 e. The van der Waals surface area contributed by atoms with Crippen molar-refractivity contribution in [1.82, 2.24) is 34.3 Å². The Balaban J connectivity index is 0.000000251. The number of aliphatic carboxylic acids is 1. The molecule has 0 saturated carbocycles. The number of fused-ring (bicyclic) bond motifs is 2. The van der Waals surface area contributed by atoms with Crippen LogP contribution >= 0.6 is 42.3 Å². The molecule has 28 heteroatoms. The van der Waals surface area contributed by atoms with Gasteiger partial charge in [-0.2, -0.15) is 13.4 Å². The number of hydrogen-bond donors (Lipinski definition) is 4. The van der Waals surface area contributed by atoms with Crippen molar-refractivity contribution in [3.05, 3.63) is 85.2 Å². The number of para-hydroxylation sites is 1. The molecule has 334 valence electrons. The zero-order valence-electron chi connectivity index (χ0n) is 32.9. The minimum Gasteiger partial charge on any atom is -0.778 e. The van der Waals surface area contributed by atoms with E-state index in [2.05, 4.69) is 43.6 Å². The molecule has 1 unspecified atom stereocenters. The number of benzene rings is 2. The number of carboxylic acid groups (broad SMARTS) is 1. The third kappa shape index (κ3) is 16.5. The number of esters is 1. The second-order valence-electron chi connectivity index (χ2n) is 12.6. The molecule has 1 aliphatic rings. The van der Waals surface area contributed by atoms with E-state index >= 15 is 0 Å². The summed E-state index contributed by atoms with van der Waals surface area (Å²) < 4.78 is 86.5. The summed E-state index contributed by atoms with van der Waals surface area (Å²) in [5, 5.41) is 13.3. The fourth-order valence-corrected chi connectivity index (χ4v) is 7.80. The van der Waals surface area contributed by atoms with Crippen molar-refractivity contribution in [2.75, 3.05) is 49.2 Å². The molecule has 61 heavy (non-hydrogen) atoms. The number of nitrogens with zero attached hydrogens (tertiary/aromatic N) is 7. The number of anilines is 1. The van der Waals surface area contributed by atoms with Crippen LogP contribution in [0.4, 0.5) is 24.5 Å². The standard InChI is InChI=1S/C15H15ClFN3O3S2.C12H9F2N5O2S.C3H8NO5P.C3H9S/c1-23-13(21)8-24-12-7-11(10(17)6-9(12)16)18-14-19-4-2-3-5-20(19)15(22)25-14;1-7-5-6-19-11(15-7)16-12(17-19)22(20,21)18-10-8(13)3-2-4-9(10)14;5-3(6)1-4-2-10(7,8)9;1-4(2)3/h6-7H,2-5,8H2,1H3;2-6,18H,1H3;4H,1-2H2,(H,5,6)(H2,7,8,9);1-3H3/q;;;+1/p-1. The van der Waals surface area contributed by atoms with Gasteiger partial charge in [0.25, 0.3) is 21.0 Å². The first-order valence-corrected chi connectivity index (χ1v) is 25.0. The van der Waals surface area contributed by atoms with Crippen LogP contribution < -0.4 is 24.6 Å². The molecular weight excluding hydrogens is 934 g/mol.